The maximum atomic E-state index is 12.5. The van der Waals surface area contributed by atoms with E-state index in [1.807, 2.05) is 0 Å². The van der Waals surface area contributed by atoms with Crippen LogP contribution >= 0.6 is 23.5 Å². The van der Waals surface area contributed by atoms with Crippen molar-refractivity contribution < 1.29 is 103 Å². The molecule has 0 spiro atoms. The summed E-state index contributed by atoms with van der Waals surface area (Å²) >= 11 is 0. The molecule has 0 aliphatic rings. The summed E-state index contributed by atoms with van der Waals surface area (Å²) in [6, 6.07) is 0. The molecule has 374 valence electrons. The molecule has 25 heteroatoms. The number of ether oxygens (including phenoxy) is 1. The second kappa shape index (κ2) is 33.7. The summed E-state index contributed by atoms with van der Waals surface area (Å²) < 4.78 is 73.3. The van der Waals surface area contributed by atoms with E-state index in [-0.39, 0.29) is 147 Å². The van der Waals surface area contributed by atoms with Gasteiger partial charge in [0.15, 0.2) is 0 Å². The largest absolute Gasteiger partial charge is 0.472 e. The number of carbonyl (C=O) groups is 9. The van der Waals surface area contributed by atoms with Gasteiger partial charge < -0.3 is 33.8 Å². The monoisotopic (exact) mass is 992 g/mol. The molecule has 3 unspecified atom stereocenters. The predicted molar refractivity (Wildman–Crippen MR) is 229 cm³/mol. The van der Waals surface area contributed by atoms with Crippen LogP contribution in [0.3, 0.4) is 0 Å². The Labute approximate surface area is 379 Å². The third-order valence-electron chi connectivity index (χ3n) is 9.29. The molecule has 0 aliphatic carbocycles. The normalized spacial score (nSPS) is 15.2. The fourth-order valence-electron chi connectivity index (χ4n) is 5.86. The molecule has 0 aromatic heterocycles. The van der Waals surface area contributed by atoms with Crippen molar-refractivity contribution in [3.05, 3.63) is 0 Å². The smallest absolute Gasteiger partial charge is 0.381 e. The molecule has 0 saturated heterocycles. The van der Waals surface area contributed by atoms with Gasteiger partial charge in [-0.15, -0.1) is 0 Å². The van der Waals surface area contributed by atoms with Crippen LogP contribution in [0.1, 0.15) is 143 Å². The van der Waals surface area contributed by atoms with E-state index in [2.05, 4.69) is 0 Å². The lowest BCUT2D eigenvalue weighted by atomic mass is 9.76. The van der Waals surface area contributed by atoms with Crippen molar-refractivity contribution in [2.75, 3.05) is 52.9 Å². The number of rotatable bonds is 45. The number of phosphoric ester groups is 3. The fraction of sp³-hybridized carbons (Fsp3) is 0.775. The Balaban J connectivity index is 5.48. The van der Waals surface area contributed by atoms with E-state index in [4.69, 9.17) is 31.9 Å². The summed E-state index contributed by atoms with van der Waals surface area (Å²) in [5.74, 6) is -3.62. The molecular weight excluding hydrogens is 925 g/mol. The highest BCUT2D eigenvalue weighted by molar-refractivity contribution is 7.47. The van der Waals surface area contributed by atoms with Crippen LogP contribution in [0.4, 0.5) is 0 Å². The number of phosphoric acid groups is 3. The van der Waals surface area contributed by atoms with Crippen molar-refractivity contribution in [2.24, 2.45) is 5.41 Å². The Morgan fingerprint density at radius 3 is 0.892 bits per heavy atom. The molecule has 0 aromatic rings. The SMILES string of the molecule is CCOCC(CCCOP(=O)(O)OCCC(=O)CC(=O)CCC(C)=O)(CCCOP(=O)(O)OCCC(=O)CC(=O)CCC(C)=O)CCCOP(=O)(O)OCCC(=O)CC(=O)CCC(C)=O. The van der Waals surface area contributed by atoms with Gasteiger partial charge in [0.1, 0.15) is 52.0 Å². The van der Waals surface area contributed by atoms with Crippen LogP contribution in [0.2, 0.25) is 0 Å². The van der Waals surface area contributed by atoms with Gasteiger partial charge in [0.2, 0.25) is 0 Å². The van der Waals surface area contributed by atoms with Gasteiger partial charge in [0.25, 0.3) is 0 Å². The first-order valence-electron chi connectivity index (χ1n) is 21.3. The van der Waals surface area contributed by atoms with Gasteiger partial charge in [0.05, 0.1) is 65.5 Å². The van der Waals surface area contributed by atoms with Crippen LogP contribution in [0, 0.1) is 5.41 Å². The molecular formula is C40H67O22P3. The molecule has 0 heterocycles. The minimum atomic E-state index is -4.66. The molecule has 0 aliphatic heterocycles. The number of carbonyl (C=O) groups excluding carboxylic acids is 9. The van der Waals surface area contributed by atoms with Gasteiger partial charge in [-0.2, -0.15) is 0 Å². The Morgan fingerprint density at radius 1 is 0.400 bits per heavy atom. The standard InChI is InChI=1S/C40H67O22P3/c1-5-56-30-40(18-6-21-57-63(50,51)60-24-15-37(47)27-34(44)12-9-31(2)41,19-7-22-58-64(52,53)61-25-16-38(48)28-35(45)13-10-32(3)42)20-8-23-59-65(54,55)62-26-17-39(49)29-36(46)14-11-33(4)43/h5-30H2,1-4H3,(H,50,51)(H,52,53)(H,54,55). The lowest BCUT2D eigenvalue weighted by Crippen LogP contribution is -2.29. The highest BCUT2D eigenvalue weighted by Crippen LogP contribution is 2.47. The summed E-state index contributed by atoms with van der Waals surface area (Å²) in [6.45, 7) is 3.46. The average molecular weight is 993 g/mol. The maximum absolute atomic E-state index is 12.5. The lowest BCUT2D eigenvalue weighted by molar-refractivity contribution is -0.129. The van der Waals surface area contributed by atoms with E-state index in [9.17, 15) is 71.5 Å². The summed E-state index contributed by atoms with van der Waals surface area (Å²) in [5, 5.41) is 0. The van der Waals surface area contributed by atoms with Gasteiger partial charge >= 0.3 is 23.5 Å². The van der Waals surface area contributed by atoms with Crippen molar-refractivity contribution in [1.82, 2.24) is 0 Å². The van der Waals surface area contributed by atoms with Crippen molar-refractivity contribution >= 4 is 75.5 Å². The molecule has 3 N–H and O–H groups in total. The highest BCUT2D eigenvalue weighted by atomic mass is 31.2. The van der Waals surface area contributed by atoms with E-state index in [1.165, 1.54) is 20.8 Å². The minimum Gasteiger partial charge on any atom is -0.381 e. The number of Topliss-reactive ketones (excluding diaryl/α,β-unsaturated/α-hetero) is 9. The van der Waals surface area contributed by atoms with Crippen LogP contribution < -0.4 is 0 Å². The van der Waals surface area contributed by atoms with Crippen molar-refractivity contribution in [1.29, 1.82) is 0 Å². The van der Waals surface area contributed by atoms with Crippen molar-refractivity contribution in [3.63, 3.8) is 0 Å². The zero-order valence-electron chi connectivity index (χ0n) is 37.8. The van der Waals surface area contributed by atoms with E-state index < -0.39 is 103 Å². The number of hydrogen-bond acceptors (Lipinski definition) is 19. The zero-order chi connectivity index (χ0) is 49.5. The van der Waals surface area contributed by atoms with Crippen LogP contribution in [0.15, 0.2) is 0 Å². The van der Waals surface area contributed by atoms with Gasteiger partial charge in [-0.25, -0.2) is 13.7 Å². The molecule has 0 bridgehead atoms. The lowest BCUT2D eigenvalue weighted by Gasteiger charge is -2.34. The van der Waals surface area contributed by atoms with Crippen LogP contribution in [0.5, 0.6) is 0 Å². The van der Waals surface area contributed by atoms with Gasteiger partial charge in [-0.05, 0) is 71.6 Å². The molecule has 0 aromatic carbocycles. The molecule has 0 radical (unpaired) electrons. The van der Waals surface area contributed by atoms with Gasteiger partial charge in [-0.3, -0.25) is 55.9 Å². The van der Waals surface area contributed by atoms with Crippen molar-refractivity contribution in [2.45, 2.75) is 143 Å². The van der Waals surface area contributed by atoms with Crippen LogP contribution in [0.25, 0.3) is 0 Å². The first kappa shape index (κ1) is 62.3. The zero-order valence-corrected chi connectivity index (χ0v) is 40.5. The molecule has 0 rings (SSSR count). The molecule has 0 amide bonds. The van der Waals surface area contributed by atoms with Crippen LogP contribution in [-0.2, 0) is 88.7 Å². The molecule has 65 heavy (non-hydrogen) atoms. The predicted octanol–water partition coefficient (Wildman–Crippen LogP) is 5.61. The molecule has 0 saturated carbocycles. The number of hydrogen-bond donors (Lipinski definition) is 3. The Hall–Kier alpha value is -2.68. The Bertz CT molecular complexity index is 1540. The second-order valence-corrected chi connectivity index (χ2v) is 19.8. The summed E-state index contributed by atoms with van der Waals surface area (Å²) in [5.41, 5.74) is -0.822. The highest BCUT2D eigenvalue weighted by Gasteiger charge is 2.32. The topological polar surface area (TPSA) is 330 Å². The third kappa shape index (κ3) is 36.1. The van der Waals surface area contributed by atoms with E-state index in [0.29, 0.717) is 0 Å². The Kier molecular flexibility index (Phi) is 32.3. The Morgan fingerprint density at radius 2 is 0.646 bits per heavy atom. The maximum Gasteiger partial charge on any atom is 0.472 e. The van der Waals surface area contributed by atoms with Crippen LogP contribution in [-0.4, -0.2) is 120 Å². The first-order chi connectivity index (χ1) is 30.3. The quantitative estimate of drug-likeness (QED) is 0.0379. The van der Waals surface area contributed by atoms with E-state index >= 15 is 0 Å². The summed E-state index contributed by atoms with van der Waals surface area (Å²) in [7, 11) is -14.0. The minimum absolute atomic E-state index is 0.000528. The van der Waals surface area contributed by atoms with E-state index in [1.54, 1.807) is 6.92 Å². The summed E-state index contributed by atoms with van der Waals surface area (Å²) in [4.78, 5) is 136. The first-order valence-corrected chi connectivity index (χ1v) is 25.8. The second-order valence-electron chi connectivity index (χ2n) is 15.5. The van der Waals surface area contributed by atoms with Crippen molar-refractivity contribution in [3.8, 4) is 0 Å². The fourth-order valence-corrected chi connectivity index (χ4v) is 8.13. The number of ketones is 9. The van der Waals surface area contributed by atoms with Gasteiger partial charge in [0, 0.05) is 64.4 Å². The molecule has 0 fully saturated rings. The van der Waals surface area contributed by atoms with E-state index in [0.717, 1.165) is 0 Å². The van der Waals surface area contributed by atoms with Gasteiger partial charge in [-0.1, -0.05) is 0 Å². The average Bonchev–Trinajstić information content (AvgIpc) is 3.19. The summed E-state index contributed by atoms with van der Waals surface area (Å²) in [6.07, 6.45) is -1.69. The third-order valence-corrected chi connectivity index (χ3v) is 12.3. The molecule has 3 atom stereocenters. The molecule has 22 nitrogen and oxygen atoms in total.